The van der Waals surface area contributed by atoms with Crippen molar-refractivity contribution in [1.82, 2.24) is 10.2 Å². The maximum absolute atomic E-state index is 3.83. The van der Waals surface area contributed by atoms with E-state index in [1.165, 1.54) is 84.0 Å². The van der Waals surface area contributed by atoms with Crippen molar-refractivity contribution < 1.29 is 0 Å². The van der Waals surface area contributed by atoms with Crippen molar-refractivity contribution in [2.75, 3.05) is 26.2 Å². The van der Waals surface area contributed by atoms with Gasteiger partial charge in [-0.1, -0.05) is 39.5 Å². The second-order valence-corrected chi connectivity index (χ2v) is 6.94. The van der Waals surface area contributed by atoms with Crippen LogP contribution in [0.1, 0.15) is 71.6 Å². The first kappa shape index (κ1) is 15.3. The van der Waals surface area contributed by atoms with Gasteiger partial charge in [0.1, 0.15) is 0 Å². The lowest BCUT2D eigenvalue weighted by molar-refractivity contribution is 0.104. The third kappa shape index (κ3) is 5.07. The van der Waals surface area contributed by atoms with E-state index in [1.54, 1.807) is 0 Å². The minimum Gasteiger partial charge on any atom is -0.313 e. The summed E-state index contributed by atoms with van der Waals surface area (Å²) >= 11 is 0. The quantitative estimate of drug-likeness (QED) is 0.682. The highest BCUT2D eigenvalue weighted by atomic mass is 15.1. The Kier molecular flexibility index (Phi) is 6.15. The molecule has 112 valence electrons. The molecule has 2 rings (SSSR count). The summed E-state index contributed by atoms with van der Waals surface area (Å²) in [7, 11) is 0. The normalized spacial score (nSPS) is 22.9. The van der Waals surface area contributed by atoms with E-state index < -0.39 is 0 Å². The maximum Gasteiger partial charge on any atom is 0.00684 e. The molecule has 0 aromatic rings. The molecule has 2 saturated carbocycles. The summed E-state index contributed by atoms with van der Waals surface area (Å²) in [5.41, 5.74) is 0.588. The Morgan fingerprint density at radius 2 is 1.84 bits per heavy atom. The van der Waals surface area contributed by atoms with Crippen molar-refractivity contribution >= 4 is 0 Å². The van der Waals surface area contributed by atoms with Crippen molar-refractivity contribution in [3.63, 3.8) is 0 Å². The molecule has 0 unspecified atom stereocenters. The Morgan fingerprint density at radius 3 is 2.42 bits per heavy atom. The van der Waals surface area contributed by atoms with Gasteiger partial charge in [0, 0.05) is 19.1 Å². The summed E-state index contributed by atoms with van der Waals surface area (Å²) in [6, 6.07) is 0.865. The van der Waals surface area contributed by atoms with Crippen LogP contribution in [0.15, 0.2) is 0 Å². The van der Waals surface area contributed by atoms with E-state index in [9.17, 15) is 0 Å². The zero-order chi connectivity index (χ0) is 13.6. The Balaban J connectivity index is 1.86. The fraction of sp³-hybridized carbons (Fsp3) is 1.00. The standard InChI is InChI=1S/C17H34N2/c1-3-5-13-19(4-2)15-17(11-7-6-8-12-17)14-18-16-9-10-16/h16,18H,3-15H2,1-2H3. The molecule has 0 spiro atoms. The summed E-state index contributed by atoms with van der Waals surface area (Å²) in [5, 5.41) is 3.83. The highest BCUT2D eigenvalue weighted by Crippen LogP contribution is 2.37. The third-order valence-electron chi connectivity index (χ3n) is 5.09. The van der Waals surface area contributed by atoms with Gasteiger partial charge in [-0.15, -0.1) is 0 Å². The highest BCUT2D eigenvalue weighted by molar-refractivity contribution is 4.91. The molecule has 1 N–H and O–H groups in total. The molecule has 2 aliphatic carbocycles. The molecule has 0 aromatic carbocycles. The first-order valence-corrected chi connectivity index (χ1v) is 8.74. The number of nitrogens with zero attached hydrogens (tertiary/aromatic N) is 1. The van der Waals surface area contributed by atoms with Crippen LogP contribution in [0, 0.1) is 5.41 Å². The van der Waals surface area contributed by atoms with Crippen LogP contribution >= 0.6 is 0 Å². The molecule has 2 heteroatoms. The lowest BCUT2D eigenvalue weighted by atomic mass is 9.73. The summed E-state index contributed by atoms with van der Waals surface area (Å²) < 4.78 is 0. The molecule has 0 aliphatic heterocycles. The lowest BCUT2D eigenvalue weighted by Crippen LogP contribution is -2.46. The van der Waals surface area contributed by atoms with Crippen molar-refractivity contribution in [2.45, 2.75) is 77.7 Å². The largest absolute Gasteiger partial charge is 0.313 e. The van der Waals surface area contributed by atoms with Gasteiger partial charge in [0.15, 0.2) is 0 Å². The van der Waals surface area contributed by atoms with E-state index >= 15 is 0 Å². The van der Waals surface area contributed by atoms with Gasteiger partial charge in [0.05, 0.1) is 0 Å². The number of nitrogens with one attached hydrogen (secondary N) is 1. The van der Waals surface area contributed by atoms with E-state index in [0.717, 1.165) is 6.04 Å². The van der Waals surface area contributed by atoms with Gasteiger partial charge < -0.3 is 10.2 Å². The smallest absolute Gasteiger partial charge is 0.00684 e. The molecule has 0 heterocycles. The molecule has 0 bridgehead atoms. The van der Waals surface area contributed by atoms with Crippen LogP contribution in [-0.4, -0.2) is 37.1 Å². The Morgan fingerprint density at radius 1 is 1.11 bits per heavy atom. The second-order valence-electron chi connectivity index (χ2n) is 6.94. The van der Waals surface area contributed by atoms with Crippen LogP contribution in [-0.2, 0) is 0 Å². The number of unbranched alkanes of at least 4 members (excludes halogenated alkanes) is 1. The first-order chi connectivity index (χ1) is 9.28. The number of hydrogen-bond donors (Lipinski definition) is 1. The van der Waals surface area contributed by atoms with Crippen molar-refractivity contribution in [3.8, 4) is 0 Å². The van der Waals surface area contributed by atoms with E-state index in [1.807, 2.05) is 0 Å². The SMILES string of the molecule is CCCCN(CC)CC1(CNC2CC2)CCCCC1. The fourth-order valence-corrected chi connectivity index (χ4v) is 3.55. The van der Waals surface area contributed by atoms with Crippen LogP contribution in [0.2, 0.25) is 0 Å². The zero-order valence-corrected chi connectivity index (χ0v) is 13.2. The average molecular weight is 266 g/mol. The monoisotopic (exact) mass is 266 g/mol. The second kappa shape index (κ2) is 7.64. The minimum absolute atomic E-state index is 0.588. The summed E-state index contributed by atoms with van der Waals surface area (Å²) in [5.74, 6) is 0. The van der Waals surface area contributed by atoms with Crippen LogP contribution in [0.4, 0.5) is 0 Å². The predicted octanol–water partition coefficient (Wildman–Crippen LogP) is 3.81. The maximum atomic E-state index is 3.83. The van der Waals surface area contributed by atoms with E-state index in [2.05, 4.69) is 24.1 Å². The summed E-state index contributed by atoms with van der Waals surface area (Å²) in [4.78, 5) is 2.71. The Labute approximate surface area is 120 Å². The van der Waals surface area contributed by atoms with Gasteiger partial charge in [-0.3, -0.25) is 0 Å². The van der Waals surface area contributed by atoms with Crippen LogP contribution < -0.4 is 5.32 Å². The first-order valence-electron chi connectivity index (χ1n) is 8.74. The molecule has 2 fully saturated rings. The topological polar surface area (TPSA) is 15.3 Å². The van der Waals surface area contributed by atoms with Gasteiger partial charge in [0.25, 0.3) is 0 Å². The summed E-state index contributed by atoms with van der Waals surface area (Å²) in [6.07, 6.45) is 12.8. The van der Waals surface area contributed by atoms with Gasteiger partial charge in [-0.05, 0) is 50.6 Å². The number of rotatable bonds is 9. The Bertz CT molecular complexity index is 242. The minimum atomic E-state index is 0.588. The highest BCUT2D eigenvalue weighted by Gasteiger charge is 2.35. The van der Waals surface area contributed by atoms with Gasteiger partial charge >= 0.3 is 0 Å². The molecular weight excluding hydrogens is 232 g/mol. The van der Waals surface area contributed by atoms with Gasteiger partial charge in [-0.2, -0.15) is 0 Å². The molecule has 0 saturated heterocycles. The van der Waals surface area contributed by atoms with Crippen molar-refractivity contribution in [2.24, 2.45) is 5.41 Å². The average Bonchev–Trinajstić information content (AvgIpc) is 3.27. The molecule has 2 aliphatic rings. The molecule has 0 aromatic heterocycles. The van der Waals surface area contributed by atoms with E-state index in [-0.39, 0.29) is 0 Å². The molecule has 2 nitrogen and oxygen atoms in total. The van der Waals surface area contributed by atoms with Crippen LogP contribution in [0.25, 0.3) is 0 Å². The molecule has 0 atom stereocenters. The summed E-state index contributed by atoms with van der Waals surface area (Å²) in [6.45, 7) is 9.78. The van der Waals surface area contributed by atoms with Crippen molar-refractivity contribution in [1.29, 1.82) is 0 Å². The number of hydrogen-bond acceptors (Lipinski definition) is 2. The fourth-order valence-electron chi connectivity index (χ4n) is 3.55. The van der Waals surface area contributed by atoms with E-state index in [4.69, 9.17) is 0 Å². The Hall–Kier alpha value is -0.0800. The zero-order valence-electron chi connectivity index (χ0n) is 13.2. The van der Waals surface area contributed by atoms with Gasteiger partial charge in [-0.25, -0.2) is 0 Å². The molecule has 19 heavy (non-hydrogen) atoms. The van der Waals surface area contributed by atoms with Crippen molar-refractivity contribution in [3.05, 3.63) is 0 Å². The third-order valence-corrected chi connectivity index (χ3v) is 5.09. The van der Waals surface area contributed by atoms with Crippen LogP contribution in [0.3, 0.4) is 0 Å². The predicted molar refractivity (Wildman–Crippen MR) is 83.6 cm³/mol. The molecular formula is C17H34N2. The van der Waals surface area contributed by atoms with Crippen LogP contribution in [0.5, 0.6) is 0 Å². The van der Waals surface area contributed by atoms with E-state index in [0.29, 0.717) is 5.41 Å². The molecule has 0 amide bonds. The molecule has 0 radical (unpaired) electrons. The lowest BCUT2D eigenvalue weighted by Gasteiger charge is -2.41. The van der Waals surface area contributed by atoms with Gasteiger partial charge in [0.2, 0.25) is 0 Å².